The van der Waals surface area contributed by atoms with Crippen LogP contribution in [0, 0.1) is 13.8 Å². The number of aryl methyl sites for hydroxylation is 2. The Morgan fingerprint density at radius 1 is 1.47 bits per heavy atom. The molecular formula is C12H17N3O4. The molecule has 1 amide bonds. The average molecular weight is 267 g/mol. The zero-order chi connectivity index (χ0) is 14.6. The summed E-state index contributed by atoms with van der Waals surface area (Å²) in [7, 11) is 1.22. The molecule has 0 aliphatic carbocycles. The summed E-state index contributed by atoms with van der Waals surface area (Å²) in [4.78, 5) is 38.2. The Morgan fingerprint density at radius 2 is 2.11 bits per heavy atom. The number of hydrogen-bond acceptors (Lipinski definition) is 5. The summed E-state index contributed by atoms with van der Waals surface area (Å²) in [5.74, 6) is -0.983. The van der Waals surface area contributed by atoms with Crippen LogP contribution < -0.4 is 11.0 Å². The van der Waals surface area contributed by atoms with E-state index in [2.05, 4.69) is 15.0 Å². The van der Waals surface area contributed by atoms with E-state index >= 15 is 0 Å². The molecule has 0 spiro atoms. The van der Waals surface area contributed by atoms with Gasteiger partial charge in [-0.2, -0.15) is 4.98 Å². The van der Waals surface area contributed by atoms with E-state index in [1.165, 1.54) is 18.6 Å². The van der Waals surface area contributed by atoms with Crippen LogP contribution in [0.1, 0.15) is 18.3 Å². The molecule has 7 nitrogen and oxygen atoms in total. The molecular weight excluding hydrogens is 250 g/mol. The second-order valence-electron chi connectivity index (χ2n) is 4.21. The Balaban J connectivity index is 3.06. The SMILES string of the molecule is COC(=O)C(Cn1c(C)cc(C)nc1=O)NC(C)=O. The van der Waals surface area contributed by atoms with E-state index in [9.17, 15) is 14.4 Å². The van der Waals surface area contributed by atoms with Gasteiger partial charge in [0, 0.05) is 18.3 Å². The zero-order valence-corrected chi connectivity index (χ0v) is 11.4. The number of nitrogens with zero attached hydrogens (tertiary/aromatic N) is 2. The smallest absolute Gasteiger partial charge is 0.348 e. The fourth-order valence-electron chi connectivity index (χ4n) is 1.75. The molecule has 0 bridgehead atoms. The third-order valence-electron chi connectivity index (χ3n) is 2.57. The van der Waals surface area contributed by atoms with E-state index in [0.29, 0.717) is 11.4 Å². The molecule has 1 rings (SSSR count). The largest absolute Gasteiger partial charge is 0.467 e. The Morgan fingerprint density at radius 3 is 2.58 bits per heavy atom. The van der Waals surface area contributed by atoms with Crippen molar-refractivity contribution in [3.8, 4) is 0 Å². The third kappa shape index (κ3) is 3.90. The summed E-state index contributed by atoms with van der Waals surface area (Å²) >= 11 is 0. The normalized spacial score (nSPS) is 11.8. The maximum atomic E-state index is 11.8. The fraction of sp³-hybridized carbons (Fsp3) is 0.500. The molecule has 0 saturated carbocycles. The van der Waals surface area contributed by atoms with Crippen molar-refractivity contribution in [2.75, 3.05) is 7.11 Å². The van der Waals surface area contributed by atoms with Gasteiger partial charge in [0.05, 0.1) is 13.7 Å². The van der Waals surface area contributed by atoms with Gasteiger partial charge in [0.2, 0.25) is 5.91 Å². The molecule has 0 saturated heterocycles. The first-order chi connectivity index (χ1) is 8.85. The Kier molecular flexibility index (Phi) is 4.80. The van der Waals surface area contributed by atoms with E-state index in [-0.39, 0.29) is 12.5 Å². The summed E-state index contributed by atoms with van der Waals surface area (Å²) in [6.45, 7) is 4.73. The average Bonchev–Trinajstić information content (AvgIpc) is 2.30. The van der Waals surface area contributed by atoms with Gasteiger partial charge < -0.3 is 10.1 Å². The first kappa shape index (κ1) is 14.9. The molecule has 1 aromatic heterocycles. The number of esters is 1. The van der Waals surface area contributed by atoms with Gasteiger partial charge in [-0.05, 0) is 19.9 Å². The highest BCUT2D eigenvalue weighted by molar-refractivity contribution is 5.83. The molecule has 1 aromatic rings. The van der Waals surface area contributed by atoms with Crippen LogP contribution in [-0.2, 0) is 20.9 Å². The first-order valence-corrected chi connectivity index (χ1v) is 5.75. The lowest BCUT2D eigenvalue weighted by Gasteiger charge is -2.18. The Labute approximate surface area is 110 Å². The lowest BCUT2D eigenvalue weighted by molar-refractivity contribution is -0.145. The van der Waals surface area contributed by atoms with Crippen LogP contribution in [0.3, 0.4) is 0 Å². The van der Waals surface area contributed by atoms with Gasteiger partial charge in [-0.3, -0.25) is 9.36 Å². The molecule has 1 unspecified atom stereocenters. The van der Waals surface area contributed by atoms with Crippen LogP contribution in [0.15, 0.2) is 10.9 Å². The highest BCUT2D eigenvalue weighted by Crippen LogP contribution is 2.00. The Hall–Kier alpha value is -2.18. The summed E-state index contributed by atoms with van der Waals surface area (Å²) < 4.78 is 5.92. The van der Waals surface area contributed by atoms with Crippen molar-refractivity contribution in [2.24, 2.45) is 0 Å². The minimum Gasteiger partial charge on any atom is -0.467 e. The molecule has 0 aromatic carbocycles. The highest BCUT2D eigenvalue weighted by Gasteiger charge is 2.22. The van der Waals surface area contributed by atoms with Crippen molar-refractivity contribution >= 4 is 11.9 Å². The third-order valence-corrected chi connectivity index (χ3v) is 2.57. The fourth-order valence-corrected chi connectivity index (χ4v) is 1.75. The summed E-state index contributed by atoms with van der Waals surface area (Å²) in [6.07, 6.45) is 0. The number of carbonyl (C=O) groups is 2. The number of aromatic nitrogens is 2. The van der Waals surface area contributed by atoms with E-state index < -0.39 is 17.7 Å². The molecule has 0 fully saturated rings. The predicted octanol–water partition coefficient (Wildman–Crippen LogP) is -0.462. The quantitative estimate of drug-likeness (QED) is 0.745. The maximum Gasteiger partial charge on any atom is 0.348 e. The second-order valence-corrected chi connectivity index (χ2v) is 4.21. The monoisotopic (exact) mass is 267 g/mol. The molecule has 0 radical (unpaired) electrons. The van der Waals surface area contributed by atoms with Crippen LogP contribution in [-0.4, -0.2) is 34.6 Å². The van der Waals surface area contributed by atoms with Crippen LogP contribution in [0.5, 0.6) is 0 Å². The molecule has 1 N–H and O–H groups in total. The number of amides is 1. The number of nitrogens with one attached hydrogen (secondary N) is 1. The summed E-state index contributed by atoms with van der Waals surface area (Å²) in [5.41, 5.74) is 0.807. The predicted molar refractivity (Wildman–Crippen MR) is 67.6 cm³/mol. The highest BCUT2D eigenvalue weighted by atomic mass is 16.5. The van der Waals surface area contributed by atoms with Crippen molar-refractivity contribution in [1.82, 2.24) is 14.9 Å². The van der Waals surface area contributed by atoms with Crippen LogP contribution in [0.25, 0.3) is 0 Å². The van der Waals surface area contributed by atoms with Crippen molar-refractivity contribution in [2.45, 2.75) is 33.4 Å². The van der Waals surface area contributed by atoms with Crippen molar-refractivity contribution in [3.63, 3.8) is 0 Å². The molecule has 0 aliphatic rings. The number of methoxy groups -OCH3 is 1. The van der Waals surface area contributed by atoms with Crippen molar-refractivity contribution in [3.05, 3.63) is 27.9 Å². The van der Waals surface area contributed by atoms with Gasteiger partial charge >= 0.3 is 11.7 Å². The molecule has 1 atom stereocenters. The standard InChI is InChI=1S/C12H17N3O4/c1-7-5-8(2)15(12(18)13-7)6-10(11(17)19-4)14-9(3)16/h5,10H,6H2,1-4H3,(H,14,16). The van der Waals surface area contributed by atoms with Crippen LogP contribution >= 0.6 is 0 Å². The topological polar surface area (TPSA) is 90.3 Å². The van der Waals surface area contributed by atoms with Crippen LogP contribution in [0.4, 0.5) is 0 Å². The number of ether oxygens (including phenoxy) is 1. The minimum atomic E-state index is -0.914. The lowest BCUT2D eigenvalue weighted by atomic mass is 10.2. The number of rotatable bonds is 4. The zero-order valence-electron chi connectivity index (χ0n) is 11.4. The van der Waals surface area contributed by atoms with Crippen molar-refractivity contribution < 1.29 is 14.3 Å². The van der Waals surface area contributed by atoms with Gasteiger partial charge in [0.1, 0.15) is 6.04 Å². The molecule has 104 valence electrons. The van der Waals surface area contributed by atoms with E-state index in [4.69, 9.17) is 0 Å². The van der Waals surface area contributed by atoms with E-state index in [1.54, 1.807) is 19.9 Å². The van der Waals surface area contributed by atoms with Crippen molar-refractivity contribution in [1.29, 1.82) is 0 Å². The lowest BCUT2D eigenvalue weighted by Crippen LogP contribution is -2.45. The van der Waals surface area contributed by atoms with E-state index in [1.807, 2.05) is 0 Å². The molecule has 7 heteroatoms. The minimum absolute atomic E-state index is 0.00972. The van der Waals surface area contributed by atoms with Gasteiger partial charge in [-0.1, -0.05) is 0 Å². The Bertz CT molecular complexity index is 550. The maximum absolute atomic E-state index is 11.8. The van der Waals surface area contributed by atoms with E-state index in [0.717, 1.165) is 0 Å². The molecule has 19 heavy (non-hydrogen) atoms. The number of hydrogen-bond donors (Lipinski definition) is 1. The first-order valence-electron chi connectivity index (χ1n) is 5.75. The number of carbonyl (C=O) groups excluding carboxylic acids is 2. The van der Waals surface area contributed by atoms with Crippen LogP contribution in [0.2, 0.25) is 0 Å². The summed E-state index contributed by atoms with van der Waals surface area (Å²) in [5, 5.41) is 2.45. The van der Waals surface area contributed by atoms with Gasteiger partial charge in [0.15, 0.2) is 0 Å². The van der Waals surface area contributed by atoms with Gasteiger partial charge in [0.25, 0.3) is 0 Å². The second kappa shape index (κ2) is 6.12. The van der Waals surface area contributed by atoms with Gasteiger partial charge in [-0.15, -0.1) is 0 Å². The molecule has 1 heterocycles. The summed E-state index contributed by atoms with van der Waals surface area (Å²) in [6, 6.07) is 0.812. The molecule has 0 aliphatic heterocycles. The van der Waals surface area contributed by atoms with Gasteiger partial charge in [-0.25, -0.2) is 9.59 Å².